The number of benzene rings is 1. The van der Waals surface area contributed by atoms with E-state index in [2.05, 4.69) is 41.8 Å². The van der Waals surface area contributed by atoms with Gasteiger partial charge in [0, 0.05) is 16.2 Å². The van der Waals surface area contributed by atoms with Crippen molar-refractivity contribution in [2.75, 3.05) is 17.7 Å². The van der Waals surface area contributed by atoms with E-state index in [0.717, 1.165) is 21.4 Å². The summed E-state index contributed by atoms with van der Waals surface area (Å²) in [5.74, 6) is 0.464. The van der Waals surface area contributed by atoms with Crippen molar-refractivity contribution in [2.24, 2.45) is 5.92 Å². The zero-order valence-electron chi connectivity index (χ0n) is 9.70. The van der Waals surface area contributed by atoms with Gasteiger partial charge in [0.05, 0.1) is 11.4 Å². The molecule has 0 aromatic heterocycles. The molecule has 0 spiro atoms. The predicted molar refractivity (Wildman–Crippen MR) is 77.5 cm³/mol. The summed E-state index contributed by atoms with van der Waals surface area (Å²) >= 11 is 2.24. The largest absolute Gasteiger partial charge is 0.397 e. The molecule has 0 saturated carbocycles. The van der Waals surface area contributed by atoms with Gasteiger partial charge < -0.3 is 16.2 Å². The average molecular weight is 334 g/mol. The molecule has 3 nitrogen and oxygen atoms in total. The van der Waals surface area contributed by atoms with Crippen LogP contribution in [0.5, 0.6) is 0 Å². The van der Waals surface area contributed by atoms with Crippen molar-refractivity contribution < 1.29 is 5.11 Å². The van der Waals surface area contributed by atoms with E-state index < -0.39 is 0 Å². The summed E-state index contributed by atoms with van der Waals surface area (Å²) in [6.07, 6.45) is 0.739. The Kier molecular flexibility index (Phi) is 5.34. The normalized spacial score (nSPS) is 12.8. The van der Waals surface area contributed by atoms with Gasteiger partial charge in [0.15, 0.2) is 0 Å². The summed E-state index contributed by atoms with van der Waals surface area (Å²) in [5, 5.41) is 12.4. The second kappa shape index (κ2) is 6.30. The Bertz CT molecular complexity index is 342. The lowest BCUT2D eigenvalue weighted by Crippen LogP contribution is -2.27. The summed E-state index contributed by atoms with van der Waals surface area (Å²) in [5.41, 5.74) is 7.65. The van der Waals surface area contributed by atoms with E-state index in [4.69, 9.17) is 10.8 Å². The Morgan fingerprint density at radius 2 is 2.12 bits per heavy atom. The van der Waals surface area contributed by atoms with Gasteiger partial charge in [-0.25, -0.2) is 0 Å². The Labute approximate surface area is 111 Å². The van der Waals surface area contributed by atoms with Crippen molar-refractivity contribution in [1.29, 1.82) is 0 Å². The van der Waals surface area contributed by atoms with Gasteiger partial charge >= 0.3 is 0 Å². The second-order valence-corrected chi connectivity index (χ2v) is 5.48. The maximum atomic E-state index is 9.00. The van der Waals surface area contributed by atoms with Crippen LogP contribution in [0.1, 0.15) is 20.3 Å². The molecule has 1 atom stereocenters. The maximum Gasteiger partial charge on any atom is 0.0576 e. The van der Waals surface area contributed by atoms with Gasteiger partial charge in [0.1, 0.15) is 0 Å². The number of nitrogen functional groups attached to an aromatic ring is 1. The molecule has 0 amide bonds. The van der Waals surface area contributed by atoms with Gasteiger partial charge in [-0.05, 0) is 53.1 Å². The minimum absolute atomic E-state index is 0.195. The first kappa shape index (κ1) is 13.6. The molecular formula is C12H19IN2O. The van der Waals surface area contributed by atoms with Gasteiger partial charge in [-0.2, -0.15) is 0 Å². The maximum absolute atomic E-state index is 9.00. The van der Waals surface area contributed by atoms with Crippen LogP contribution in [0.2, 0.25) is 0 Å². The van der Waals surface area contributed by atoms with Crippen LogP contribution in [0, 0.1) is 9.49 Å². The van der Waals surface area contributed by atoms with E-state index in [0.29, 0.717) is 5.92 Å². The van der Waals surface area contributed by atoms with E-state index in [-0.39, 0.29) is 12.6 Å². The summed E-state index contributed by atoms with van der Waals surface area (Å²) in [4.78, 5) is 0. The molecule has 1 unspecified atom stereocenters. The molecule has 90 valence electrons. The van der Waals surface area contributed by atoms with Crippen LogP contribution in [0.4, 0.5) is 11.4 Å². The Balaban J connectivity index is 2.77. The molecule has 0 radical (unpaired) electrons. The standard InChI is InChI=1S/C12H19IN2O/c1-8(2)11(5-6-16)15-12-4-3-9(13)7-10(12)14/h3-4,7-8,11,15-16H,5-6,14H2,1-2H3. The van der Waals surface area contributed by atoms with E-state index in [1.54, 1.807) is 0 Å². The minimum Gasteiger partial charge on any atom is -0.397 e. The lowest BCUT2D eigenvalue weighted by Gasteiger charge is -2.23. The summed E-state index contributed by atoms with van der Waals surface area (Å²) in [6.45, 7) is 4.46. The number of nitrogens with two attached hydrogens (primary N) is 1. The van der Waals surface area contributed by atoms with Gasteiger partial charge in [-0.15, -0.1) is 0 Å². The molecule has 0 aliphatic rings. The number of anilines is 2. The number of rotatable bonds is 5. The summed E-state index contributed by atoms with van der Waals surface area (Å²) in [6, 6.07) is 6.21. The highest BCUT2D eigenvalue weighted by atomic mass is 127. The van der Waals surface area contributed by atoms with Crippen LogP contribution in [-0.4, -0.2) is 17.8 Å². The van der Waals surface area contributed by atoms with Crippen LogP contribution in [0.15, 0.2) is 18.2 Å². The van der Waals surface area contributed by atoms with Gasteiger partial charge in [-0.3, -0.25) is 0 Å². The van der Waals surface area contributed by atoms with Crippen LogP contribution in [0.3, 0.4) is 0 Å². The third-order valence-corrected chi connectivity index (χ3v) is 3.27. The number of aliphatic hydroxyl groups is 1. The molecule has 0 aliphatic carbocycles. The second-order valence-electron chi connectivity index (χ2n) is 4.24. The van der Waals surface area contributed by atoms with Crippen molar-refractivity contribution in [2.45, 2.75) is 26.3 Å². The van der Waals surface area contributed by atoms with Crippen LogP contribution in [-0.2, 0) is 0 Å². The Morgan fingerprint density at radius 3 is 2.62 bits per heavy atom. The average Bonchev–Trinajstić information content (AvgIpc) is 2.20. The quantitative estimate of drug-likeness (QED) is 0.573. The van der Waals surface area contributed by atoms with Crippen molar-refractivity contribution >= 4 is 34.0 Å². The molecule has 16 heavy (non-hydrogen) atoms. The number of halogens is 1. The number of hydrogen-bond donors (Lipinski definition) is 3. The first-order chi connectivity index (χ1) is 7.54. The first-order valence-corrected chi connectivity index (χ1v) is 6.55. The predicted octanol–water partition coefficient (Wildman–Crippen LogP) is 2.69. The Morgan fingerprint density at radius 1 is 1.44 bits per heavy atom. The molecule has 1 aromatic rings. The Hall–Kier alpha value is -0.490. The fourth-order valence-electron chi connectivity index (χ4n) is 1.58. The summed E-state index contributed by atoms with van der Waals surface area (Å²) < 4.78 is 1.13. The van der Waals surface area contributed by atoms with Gasteiger partial charge in [0.25, 0.3) is 0 Å². The fraction of sp³-hybridized carbons (Fsp3) is 0.500. The molecule has 0 heterocycles. The third kappa shape index (κ3) is 3.83. The number of hydrogen-bond acceptors (Lipinski definition) is 3. The highest BCUT2D eigenvalue weighted by molar-refractivity contribution is 14.1. The fourth-order valence-corrected chi connectivity index (χ4v) is 2.09. The molecular weight excluding hydrogens is 315 g/mol. The lowest BCUT2D eigenvalue weighted by molar-refractivity contribution is 0.267. The number of aliphatic hydroxyl groups excluding tert-OH is 1. The SMILES string of the molecule is CC(C)C(CCO)Nc1ccc(I)cc1N. The van der Waals surface area contributed by atoms with Crippen molar-refractivity contribution in [1.82, 2.24) is 0 Å². The molecule has 4 heteroatoms. The molecule has 1 aromatic carbocycles. The molecule has 0 bridgehead atoms. The molecule has 1 rings (SSSR count). The van der Waals surface area contributed by atoms with E-state index in [1.807, 2.05) is 18.2 Å². The van der Waals surface area contributed by atoms with Crippen molar-refractivity contribution in [3.63, 3.8) is 0 Å². The van der Waals surface area contributed by atoms with Crippen LogP contribution in [0.25, 0.3) is 0 Å². The van der Waals surface area contributed by atoms with E-state index in [9.17, 15) is 0 Å². The zero-order valence-corrected chi connectivity index (χ0v) is 11.9. The molecule has 0 fully saturated rings. The first-order valence-electron chi connectivity index (χ1n) is 5.47. The van der Waals surface area contributed by atoms with Crippen LogP contribution >= 0.6 is 22.6 Å². The number of nitrogens with one attached hydrogen (secondary N) is 1. The lowest BCUT2D eigenvalue weighted by atomic mass is 10.0. The van der Waals surface area contributed by atoms with Crippen LogP contribution < -0.4 is 11.1 Å². The molecule has 4 N–H and O–H groups in total. The monoisotopic (exact) mass is 334 g/mol. The van der Waals surface area contributed by atoms with E-state index >= 15 is 0 Å². The third-order valence-electron chi connectivity index (χ3n) is 2.60. The molecule has 0 aliphatic heterocycles. The van der Waals surface area contributed by atoms with Gasteiger partial charge in [-0.1, -0.05) is 13.8 Å². The van der Waals surface area contributed by atoms with Crippen molar-refractivity contribution in [3.05, 3.63) is 21.8 Å². The zero-order chi connectivity index (χ0) is 12.1. The topological polar surface area (TPSA) is 58.3 Å². The molecule has 0 saturated heterocycles. The smallest absolute Gasteiger partial charge is 0.0576 e. The van der Waals surface area contributed by atoms with Gasteiger partial charge in [0.2, 0.25) is 0 Å². The van der Waals surface area contributed by atoms with Crippen molar-refractivity contribution in [3.8, 4) is 0 Å². The van der Waals surface area contributed by atoms with E-state index in [1.165, 1.54) is 0 Å². The highest BCUT2D eigenvalue weighted by Gasteiger charge is 2.13. The minimum atomic E-state index is 0.195. The highest BCUT2D eigenvalue weighted by Crippen LogP contribution is 2.23. The summed E-state index contributed by atoms with van der Waals surface area (Å²) in [7, 11) is 0.